The third-order valence-corrected chi connectivity index (χ3v) is 4.32. The Hall–Kier alpha value is -3.62. The van der Waals surface area contributed by atoms with Crippen LogP contribution in [0.4, 0.5) is 4.39 Å². The Labute approximate surface area is 172 Å². The summed E-state index contributed by atoms with van der Waals surface area (Å²) in [5.41, 5.74) is 1.29. The normalized spacial score (nSPS) is 10.9. The quantitative estimate of drug-likeness (QED) is 0.233. The summed E-state index contributed by atoms with van der Waals surface area (Å²) in [5.74, 6) is -0.533. The van der Waals surface area contributed by atoms with Crippen molar-refractivity contribution >= 4 is 29.2 Å². The molecule has 0 spiro atoms. The molecular formula is C23H15ClFNO3. The Balaban J connectivity index is 1.88. The Kier molecular flexibility index (Phi) is 6.28. The third-order valence-electron chi connectivity index (χ3n) is 4.07. The molecule has 0 aliphatic rings. The van der Waals surface area contributed by atoms with E-state index in [1.807, 2.05) is 6.07 Å². The van der Waals surface area contributed by atoms with E-state index in [1.54, 1.807) is 54.6 Å². The molecule has 0 aliphatic heterocycles. The summed E-state index contributed by atoms with van der Waals surface area (Å²) in [6, 6.07) is 19.1. The molecule has 0 heterocycles. The van der Waals surface area contributed by atoms with Crippen molar-refractivity contribution in [3.05, 3.63) is 94.3 Å². The molecule has 0 radical (unpaired) electrons. The number of rotatable bonds is 5. The van der Waals surface area contributed by atoms with E-state index in [9.17, 15) is 14.4 Å². The van der Waals surface area contributed by atoms with Crippen LogP contribution in [0.3, 0.4) is 0 Å². The van der Waals surface area contributed by atoms with Gasteiger partial charge in [-0.3, -0.25) is 0 Å². The van der Waals surface area contributed by atoms with Crippen LogP contribution >= 0.6 is 11.6 Å². The van der Waals surface area contributed by atoms with Gasteiger partial charge in [0.2, 0.25) is 0 Å². The number of nitrogens with zero attached hydrogens (tertiary/aromatic N) is 1. The lowest BCUT2D eigenvalue weighted by Crippen LogP contribution is -2.09. The zero-order chi connectivity index (χ0) is 20.8. The maximum atomic E-state index is 14.0. The number of carbonyl (C=O) groups is 1. The maximum absolute atomic E-state index is 14.0. The standard InChI is InChI=1S/C23H15ClFNO3/c1-28-22-13-15(12-17(14-26)19-4-2-3-5-20(19)25)6-11-21(22)29-23(27)16-7-9-18(24)10-8-16/h2-13H,1H3/b17-12-. The molecular weight excluding hydrogens is 393 g/mol. The van der Waals surface area contributed by atoms with Crippen LogP contribution in [0.15, 0.2) is 66.7 Å². The van der Waals surface area contributed by atoms with E-state index in [0.29, 0.717) is 21.9 Å². The minimum Gasteiger partial charge on any atom is -0.493 e. The van der Waals surface area contributed by atoms with Crippen molar-refractivity contribution in [2.45, 2.75) is 0 Å². The summed E-state index contributed by atoms with van der Waals surface area (Å²) in [5, 5.41) is 9.93. The average molecular weight is 408 g/mol. The smallest absolute Gasteiger partial charge is 0.343 e. The number of methoxy groups -OCH3 is 1. The van der Waals surface area contributed by atoms with Gasteiger partial charge in [-0.05, 0) is 54.1 Å². The second-order valence-corrected chi connectivity index (χ2v) is 6.39. The van der Waals surface area contributed by atoms with Gasteiger partial charge < -0.3 is 9.47 Å². The summed E-state index contributed by atoms with van der Waals surface area (Å²) in [6.07, 6.45) is 1.53. The Morgan fingerprint density at radius 2 is 1.79 bits per heavy atom. The zero-order valence-electron chi connectivity index (χ0n) is 15.4. The van der Waals surface area contributed by atoms with E-state index in [0.717, 1.165) is 0 Å². The first-order chi connectivity index (χ1) is 14.0. The van der Waals surface area contributed by atoms with Crippen LogP contribution in [0.1, 0.15) is 21.5 Å². The number of hydrogen-bond acceptors (Lipinski definition) is 4. The fraction of sp³-hybridized carbons (Fsp3) is 0.0435. The van der Waals surface area contributed by atoms with E-state index >= 15 is 0 Å². The number of ether oxygens (including phenoxy) is 2. The molecule has 0 aliphatic carbocycles. The first kappa shape index (κ1) is 20.1. The Bertz CT molecular complexity index is 1120. The first-order valence-corrected chi connectivity index (χ1v) is 8.92. The van der Waals surface area contributed by atoms with Gasteiger partial charge in [0.05, 0.1) is 24.3 Å². The third kappa shape index (κ3) is 4.81. The van der Waals surface area contributed by atoms with E-state index in [-0.39, 0.29) is 16.9 Å². The molecule has 0 bridgehead atoms. The van der Waals surface area contributed by atoms with Crippen LogP contribution in [0.25, 0.3) is 11.6 Å². The van der Waals surface area contributed by atoms with Gasteiger partial charge in [-0.15, -0.1) is 0 Å². The molecule has 0 aromatic heterocycles. The summed E-state index contributed by atoms with van der Waals surface area (Å²) >= 11 is 5.83. The zero-order valence-corrected chi connectivity index (χ0v) is 16.1. The first-order valence-electron chi connectivity index (χ1n) is 8.54. The Morgan fingerprint density at radius 1 is 1.07 bits per heavy atom. The van der Waals surface area contributed by atoms with Gasteiger partial charge >= 0.3 is 5.97 Å². The molecule has 0 amide bonds. The lowest BCUT2D eigenvalue weighted by atomic mass is 10.0. The highest BCUT2D eigenvalue weighted by atomic mass is 35.5. The van der Waals surface area contributed by atoms with Crippen LogP contribution in [0.2, 0.25) is 5.02 Å². The van der Waals surface area contributed by atoms with Crippen molar-refractivity contribution in [2.24, 2.45) is 0 Å². The summed E-state index contributed by atoms with van der Waals surface area (Å²) in [7, 11) is 1.44. The number of halogens is 2. The van der Waals surface area contributed by atoms with Crippen molar-refractivity contribution in [2.75, 3.05) is 7.11 Å². The van der Waals surface area contributed by atoms with Crippen LogP contribution < -0.4 is 9.47 Å². The second-order valence-electron chi connectivity index (χ2n) is 5.96. The van der Waals surface area contributed by atoms with Gasteiger partial charge in [0, 0.05) is 10.6 Å². The summed E-state index contributed by atoms with van der Waals surface area (Å²) < 4.78 is 24.7. The molecule has 4 nitrogen and oxygen atoms in total. The summed E-state index contributed by atoms with van der Waals surface area (Å²) in [6.45, 7) is 0. The lowest BCUT2D eigenvalue weighted by molar-refractivity contribution is 0.0729. The minimum absolute atomic E-state index is 0.163. The fourth-order valence-electron chi connectivity index (χ4n) is 2.62. The predicted molar refractivity (Wildman–Crippen MR) is 109 cm³/mol. The van der Waals surface area contributed by atoms with Crippen molar-refractivity contribution in [3.8, 4) is 17.6 Å². The fourth-order valence-corrected chi connectivity index (χ4v) is 2.75. The van der Waals surface area contributed by atoms with Gasteiger partial charge in [0.25, 0.3) is 0 Å². The number of allylic oxidation sites excluding steroid dienone is 1. The second kappa shape index (κ2) is 9.05. The highest BCUT2D eigenvalue weighted by molar-refractivity contribution is 6.30. The molecule has 0 atom stereocenters. The monoisotopic (exact) mass is 407 g/mol. The molecule has 3 rings (SSSR count). The molecule has 29 heavy (non-hydrogen) atoms. The number of hydrogen-bond donors (Lipinski definition) is 0. The average Bonchev–Trinajstić information content (AvgIpc) is 2.74. The highest BCUT2D eigenvalue weighted by Gasteiger charge is 2.13. The van der Waals surface area contributed by atoms with Gasteiger partial charge in [-0.2, -0.15) is 5.26 Å². The van der Waals surface area contributed by atoms with Crippen LogP contribution in [-0.2, 0) is 0 Å². The van der Waals surface area contributed by atoms with Gasteiger partial charge in [-0.25, -0.2) is 9.18 Å². The molecule has 0 saturated carbocycles. The van der Waals surface area contributed by atoms with Crippen molar-refractivity contribution in [1.29, 1.82) is 5.26 Å². The predicted octanol–water partition coefficient (Wildman–Crippen LogP) is 5.77. The molecule has 3 aromatic carbocycles. The number of carbonyl (C=O) groups excluding carboxylic acids is 1. The topological polar surface area (TPSA) is 59.3 Å². The highest BCUT2D eigenvalue weighted by Crippen LogP contribution is 2.31. The minimum atomic E-state index is -0.563. The van der Waals surface area contributed by atoms with Crippen molar-refractivity contribution < 1.29 is 18.7 Å². The van der Waals surface area contributed by atoms with E-state index < -0.39 is 11.8 Å². The van der Waals surface area contributed by atoms with Gasteiger partial charge in [0.15, 0.2) is 11.5 Å². The molecule has 0 N–H and O–H groups in total. The number of benzene rings is 3. The maximum Gasteiger partial charge on any atom is 0.343 e. The van der Waals surface area contributed by atoms with Crippen molar-refractivity contribution in [3.63, 3.8) is 0 Å². The molecule has 6 heteroatoms. The molecule has 0 unspecified atom stereocenters. The van der Waals surface area contributed by atoms with E-state index in [2.05, 4.69) is 0 Å². The van der Waals surface area contributed by atoms with Gasteiger partial charge in [0.1, 0.15) is 5.82 Å². The van der Waals surface area contributed by atoms with Gasteiger partial charge in [-0.1, -0.05) is 35.9 Å². The Morgan fingerprint density at radius 3 is 2.45 bits per heavy atom. The SMILES string of the molecule is COc1cc(/C=C(/C#N)c2ccccc2F)ccc1OC(=O)c1ccc(Cl)cc1. The molecule has 3 aromatic rings. The van der Waals surface area contributed by atoms with Crippen LogP contribution in [0.5, 0.6) is 11.5 Å². The van der Waals surface area contributed by atoms with Crippen LogP contribution in [-0.4, -0.2) is 13.1 Å². The number of esters is 1. The van der Waals surface area contributed by atoms with Crippen LogP contribution in [0, 0.1) is 17.1 Å². The number of nitriles is 1. The molecule has 0 saturated heterocycles. The van der Waals surface area contributed by atoms with E-state index in [1.165, 1.54) is 25.3 Å². The molecule has 0 fully saturated rings. The lowest BCUT2D eigenvalue weighted by Gasteiger charge is -2.10. The largest absolute Gasteiger partial charge is 0.493 e. The summed E-state index contributed by atoms with van der Waals surface area (Å²) in [4.78, 5) is 12.3. The van der Waals surface area contributed by atoms with Crippen molar-refractivity contribution in [1.82, 2.24) is 0 Å². The van der Waals surface area contributed by atoms with E-state index in [4.69, 9.17) is 21.1 Å². The molecule has 144 valence electrons.